The van der Waals surface area contributed by atoms with Crippen molar-refractivity contribution < 1.29 is 4.79 Å². The summed E-state index contributed by atoms with van der Waals surface area (Å²) in [7, 11) is 0. The molecule has 3 heterocycles. The van der Waals surface area contributed by atoms with Crippen molar-refractivity contribution >= 4 is 34.4 Å². The van der Waals surface area contributed by atoms with Crippen molar-refractivity contribution in [3.05, 3.63) is 59.4 Å². The predicted octanol–water partition coefficient (Wildman–Crippen LogP) is 2.36. The van der Waals surface area contributed by atoms with E-state index in [-0.39, 0.29) is 5.91 Å². The fourth-order valence-electron chi connectivity index (χ4n) is 3.36. The summed E-state index contributed by atoms with van der Waals surface area (Å²) in [6.07, 6.45) is 0. The third-order valence-corrected chi connectivity index (χ3v) is 4.56. The van der Waals surface area contributed by atoms with Gasteiger partial charge in [-0.05, 0) is 37.3 Å². The Balaban J connectivity index is 1.49. The number of nitrogens with one attached hydrogen (secondary N) is 2. The maximum atomic E-state index is 12.8. The number of carbonyl (C=O) groups excluding carboxylic acids is 1. The van der Waals surface area contributed by atoms with Crippen LogP contribution in [0, 0.1) is 6.92 Å². The first-order chi connectivity index (χ1) is 12.7. The molecule has 0 unspecified atom stereocenters. The van der Waals surface area contributed by atoms with Crippen molar-refractivity contribution in [3.8, 4) is 0 Å². The number of amidine groups is 1. The van der Waals surface area contributed by atoms with Crippen LogP contribution in [0.15, 0.2) is 52.4 Å². The number of imidazole rings is 1. The molecule has 1 amide bonds. The van der Waals surface area contributed by atoms with E-state index in [2.05, 4.69) is 25.3 Å². The molecule has 3 aromatic rings. The van der Waals surface area contributed by atoms with Gasteiger partial charge in [-0.25, -0.2) is 9.98 Å². The Labute approximate surface area is 149 Å². The smallest absolute Gasteiger partial charge is 0.258 e. The molecule has 2 aliphatic heterocycles. The first-order valence-electron chi connectivity index (χ1n) is 8.47. The van der Waals surface area contributed by atoms with Gasteiger partial charge in [-0.3, -0.25) is 20.0 Å². The summed E-state index contributed by atoms with van der Waals surface area (Å²) >= 11 is 0. The van der Waals surface area contributed by atoms with E-state index in [1.807, 2.05) is 42.2 Å². The van der Waals surface area contributed by atoms with E-state index in [0.717, 1.165) is 33.9 Å². The highest BCUT2D eigenvalue weighted by molar-refractivity contribution is 6.19. The monoisotopic (exact) mass is 344 g/mol. The number of aromatic nitrogens is 2. The lowest BCUT2D eigenvalue weighted by Crippen LogP contribution is -2.47. The number of hydrogen-bond acceptors (Lipinski definition) is 5. The van der Waals surface area contributed by atoms with Crippen LogP contribution in [0.25, 0.3) is 11.0 Å². The Morgan fingerprint density at radius 1 is 1.23 bits per heavy atom. The van der Waals surface area contributed by atoms with Crippen LogP contribution in [0.3, 0.4) is 0 Å². The molecular weight excluding hydrogens is 328 g/mol. The van der Waals surface area contributed by atoms with Crippen LogP contribution in [-0.4, -0.2) is 45.7 Å². The van der Waals surface area contributed by atoms with E-state index in [1.165, 1.54) is 0 Å². The second-order valence-corrected chi connectivity index (χ2v) is 6.32. The number of aromatic amines is 1. The number of hydrogen-bond donors (Lipinski definition) is 2. The highest BCUT2D eigenvalue weighted by Crippen LogP contribution is 2.27. The lowest BCUT2D eigenvalue weighted by Gasteiger charge is -2.27. The van der Waals surface area contributed by atoms with Gasteiger partial charge in [-0.1, -0.05) is 12.1 Å². The van der Waals surface area contributed by atoms with Crippen molar-refractivity contribution in [2.45, 2.75) is 6.92 Å². The molecule has 2 aromatic carbocycles. The number of guanidine groups is 1. The normalized spacial score (nSPS) is 15.3. The number of fused-ring (bicyclic) bond motifs is 4. The number of H-pyrrole nitrogens is 1. The second kappa shape index (κ2) is 5.52. The van der Waals surface area contributed by atoms with Gasteiger partial charge in [-0.2, -0.15) is 0 Å². The zero-order chi connectivity index (χ0) is 17.7. The Bertz CT molecular complexity index is 1110. The van der Waals surface area contributed by atoms with Gasteiger partial charge in [0.2, 0.25) is 5.96 Å². The average Bonchev–Trinajstić information content (AvgIpc) is 3.27. The molecule has 0 saturated carbocycles. The molecule has 0 radical (unpaired) electrons. The molecule has 1 aromatic heterocycles. The quantitative estimate of drug-likeness (QED) is 0.710. The molecule has 0 atom stereocenters. The van der Waals surface area contributed by atoms with Gasteiger partial charge < -0.3 is 4.98 Å². The third-order valence-electron chi connectivity index (χ3n) is 4.56. The summed E-state index contributed by atoms with van der Waals surface area (Å²) in [6.45, 7) is 3.29. The fourth-order valence-corrected chi connectivity index (χ4v) is 3.36. The molecule has 0 spiro atoms. The van der Waals surface area contributed by atoms with Gasteiger partial charge in [0.05, 0.1) is 23.3 Å². The molecule has 128 valence electrons. The van der Waals surface area contributed by atoms with E-state index >= 15 is 0 Å². The van der Waals surface area contributed by atoms with Gasteiger partial charge in [0, 0.05) is 17.7 Å². The van der Waals surface area contributed by atoms with E-state index in [1.54, 1.807) is 12.1 Å². The number of aliphatic imine (C=N–C) groups is 2. The maximum absolute atomic E-state index is 12.8. The molecule has 0 saturated heterocycles. The van der Waals surface area contributed by atoms with Gasteiger partial charge >= 0.3 is 0 Å². The average molecular weight is 344 g/mol. The van der Waals surface area contributed by atoms with Crippen LogP contribution in [0.4, 0.5) is 5.69 Å². The number of amides is 1. The van der Waals surface area contributed by atoms with Crippen molar-refractivity contribution in [2.24, 2.45) is 9.98 Å². The summed E-state index contributed by atoms with van der Waals surface area (Å²) in [6, 6.07) is 13.3. The number of benzene rings is 2. The topological polar surface area (TPSA) is 85.7 Å². The van der Waals surface area contributed by atoms with Gasteiger partial charge in [0.1, 0.15) is 11.7 Å². The molecule has 26 heavy (non-hydrogen) atoms. The zero-order valence-electron chi connectivity index (χ0n) is 14.2. The van der Waals surface area contributed by atoms with Crippen LogP contribution < -0.4 is 5.32 Å². The lowest BCUT2D eigenvalue weighted by molar-refractivity contribution is 0.0974. The largest absolute Gasteiger partial charge is 0.342 e. The first kappa shape index (κ1) is 14.8. The summed E-state index contributed by atoms with van der Waals surface area (Å²) in [5, 5.41) is 2.94. The van der Waals surface area contributed by atoms with Crippen LogP contribution in [-0.2, 0) is 0 Å². The van der Waals surface area contributed by atoms with E-state index in [0.29, 0.717) is 24.6 Å². The predicted molar refractivity (Wildman–Crippen MR) is 99.9 cm³/mol. The number of rotatable bonds is 1. The molecule has 5 rings (SSSR count). The first-order valence-corrected chi connectivity index (χ1v) is 8.47. The Kier molecular flexibility index (Phi) is 3.15. The molecular formula is C19H16N6O. The summed E-state index contributed by atoms with van der Waals surface area (Å²) in [5.41, 5.74) is 4.05. The highest BCUT2D eigenvalue weighted by atomic mass is 16.1. The number of aryl methyl sites for hydroxylation is 1. The SMILES string of the molecule is Cc1nc2cc(C(=O)NC3=Nc4ccccc4C4=NCCN34)ccc2[nH]1. The Morgan fingerprint density at radius 2 is 2.12 bits per heavy atom. The lowest BCUT2D eigenvalue weighted by atomic mass is 10.1. The highest BCUT2D eigenvalue weighted by Gasteiger charge is 2.30. The number of nitrogens with zero attached hydrogens (tertiary/aromatic N) is 4. The molecule has 2 N–H and O–H groups in total. The molecule has 0 bridgehead atoms. The Hall–Kier alpha value is -3.48. The van der Waals surface area contributed by atoms with Crippen LogP contribution in [0.5, 0.6) is 0 Å². The van der Waals surface area contributed by atoms with E-state index in [9.17, 15) is 4.79 Å². The summed E-state index contributed by atoms with van der Waals surface area (Å²) in [5.74, 6) is 1.99. The zero-order valence-corrected chi connectivity index (χ0v) is 14.2. The van der Waals surface area contributed by atoms with Gasteiger partial charge in [0.25, 0.3) is 5.91 Å². The fraction of sp³-hybridized carbons (Fsp3) is 0.158. The van der Waals surface area contributed by atoms with Crippen molar-refractivity contribution in [1.82, 2.24) is 20.2 Å². The van der Waals surface area contributed by atoms with Crippen LogP contribution >= 0.6 is 0 Å². The van der Waals surface area contributed by atoms with E-state index < -0.39 is 0 Å². The Morgan fingerprint density at radius 3 is 3.04 bits per heavy atom. The van der Waals surface area contributed by atoms with E-state index in [4.69, 9.17) is 0 Å². The standard InChI is InChI=1S/C19H16N6O/c1-11-21-15-7-6-12(10-16(15)22-11)18(26)24-19-23-14-5-3-2-4-13(14)17-20-8-9-25(17)19/h2-7,10H,8-9H2,1H3,(H,21,22)(H,23,24,26). The van der Waals surface area contributed by atoms with Crippen molar-refractivity contribution in [1.29, 1.82) is 0 Å². The summed E-state index contributed by atoms with van der Waals surface area (Å²) < 4.78 is 0. The van der Waals surface area contributed by atoms with Crippen molar-refractivity contribution in [2.75, 3.05) is 13.1 Å². The minimum atomic E-state index is -0.211. The minimum Gasteiger partial charge on any atom is -0.342 e. The second-order valence-electron chi connectivity index (χ2n) is 6.32. The molecule has 0 fully saturated rings. The third kappa shape index (κ3) is 2.28. The summed E-state index contributed by atoms with van der Waals surface area (Å²) in [4.78, 5) is 31.5. The number of carbonyl (C=O) groups is 1. The van der Waals surface area contributed by atoms with Crippen molar-refractivity contribution in [3.63, 3.8) is 0 Å². The van der Waals surface area contributed by atoms with Gasteiger partial charge in [-0.15, -0.1) is 0 Å². The maximum Gasteiger partial charge on any atom is 0.258 e. The molecule has 7 heteroatoms. The molecule has 7 nitrogen and oxygen atoms in total. The van der Waals surface area contributed by atoms with Crippen LogP contribution in [0.2, 0.25) is 0 Å². The van der Waals surface area contributed by atoms with Gasteiger partial charge in [0.15, 0.2) is 0 Å². The molecule has 2 aliphatic rings. The van der Waals surface area contributed by atoms with Crippen LogP contribution in [0.1, 0.15) is 21.7 Å². The minimum absolute atomic E-state index is 0.211. The number of para-hydroxylation sites is 1. The molecule has 0 aliphatic carbocycles.